The van der Waals surface area contributed by atoms with Gasteiger partial charge in [0.2, 0.25) is 0 Å². The SMILES string of the molecule is CCCNC(=O)OCC12C=C[C@@H](O1)[C@H]1C(OCc3ccccc3)=C(c3c(CC)cc(C)cc3CC)C(=O)[C@H]12. The Bertz CT molecular complexity index is 1260. The minimum Gasteiger partial charge on any atom is -0.492 e. The summed E-state index contributed by atoms with van der Waals surface area (Å²) in [5, 5.41) is 2.74. The third kappa shape index (κ3) is 4.55. The normalized spacial score (nSPS) is 25.2. The maximum atomic E-state index is 14.4. The predicted octanol–water partition coefficient (Wildman–Crippen LogP) is 5.71. The molecule has 3 aliphatic rings. The first-order valence-corrected chi connectivity index (χ1v) is 13.8. The van der Waals surface area contributed by atoms with Crippen molar-refractivity contribution in [1.29, 1.82) is 0 Å². The molecule has 6 heteroatoms. The molecule has 0 aromatic heterocycles. The number of hydrogen-bond donors (Lipinski definition) is 1. The molecule has 38 heavy (non-hydrogen) atoms. The van der Waals surface area contributed by atoms with Gasteiger partial charge in [-0.25, -0.2) is 4.79 Å². The fraction of sp³-hybridized carbons (Fsp3) is 0.438. The zero-order valence-corrected chi connectivity index (χ0v) is 22.7. The number of Topliss-reactive ketones (excluding diaryl/α,β-unsaturated/α-hetero) is 1. The molecule has 0 spiro atoms. The summed E-state index contributed by atoms with van der Waals surface area (Å²) in [5.41, 5.74) is 5.19. The van der Waals surface area contributed by atoms with Gasteiger partial charge in [-0.1, -0.05) is 81.0 Å². The fourth-order valence-corrected chi connectivity index (χ4v) is 6.18. The van der Waals surface area contributed by atoms with E-state index in [-0.39, 0.29) is 24.4 Å². The monoisotopic (exact) mass is 515 g/mol. The number of nitrogens with one attached hydrogen (secondary N) is 1. The van der Waals surface area contributed by atoms with E-state index in [9.17, 15) is 9.59 Å². The van der Waals surface area contributed by atoms with Crippen LogP contribution in [0.15, 0.2) is 60.4 Å². The first-order chi connectivity index (χ1) is 18.4. The number of fused-ring (bicyclic) bond motifs is 5. The Morgan fingerprint density at radius 2 is 1.79 bits per heavy atom. The summed E-state index contributed by atoms with van der Waals surface area (Å²) in [6.45, 7) is 9.22. The molecule has 2 heterocycles. The molecule has 1 saturated heterocycles. The third-order valence-electron chi connectivity index (χ3n) is 7.88. The van der Waals surface area contributed by atoms with Crippen LogP contribution in [0.2, 0.25) is 0 Å². The largest absolute Gasteiger partial charge is 0.492 e. The molecule has 0 radical (unpaired) electrons. The van der Waals surface area contributed by atoms with Crippen molar-refractivity contribution in [2.45, 2.75) is 65.3 Å². The van der Waals surface area contributed by atoms with E-state index in [2.05, 4.69) is 38.2 Å². The summed E-state index contributed by atoms with van der Waals surface area (Å²) in [5.74, 6) is -0.0586. The molecule has 1 unspecified atom stereocenters. The van der Waals surface area contributed by atoms with Crippen LogP contribution in [-0.4, -0.2) is 36.7 Å². The van der Waals surface area contributed by atoms with E-state index in [0.29, 0.717) is 24.5 Å². The molecule has 2 bridgehead atoms. The first-order valence-electron chi connectivity index (χ1n) is 13.8. The van der Waals surface area contributed by atoms with Crippen LogP contribution in [-0.2, 0) is 38.5 Å². The van der Waals surface area contributed by atoms with Crippen molar-refractivity contribution in [3.05, 3.63) is 88.2 Å². The maximum Gasteiger partial charge on any atom is 0.407 e. The van der Waals surface area contributed by atoms with Crippen molar-refractivity contribution in [3.63, 3.8) is 0 Å². The number of hydrogen-bond acceptors (Lipinski definition) is 5. The number of carbonyl (C=O) groups is 2. The predicted molar refractivity (Wildman–Crippen MR) is 146 cm³/mol. The minimum absolute atomic E-state index is 0.00994. The van der Waals surface area contributed by atoms with E-state index in [1.54, 1.807) is 0 Å². The van der Waals surface area contributed by atoms with Crippen LogP contribution in [0.1, 0.15) is 55.0 Å². The van der Waals surface area contributed by atoms with Crippen molar-refractivity contribution < 1.29 is 23.8 Å². The van der Waals surface area contributed by atoms with Crippen LogP contribution in [0.25, 0.3) is 5.57 Å². The van der Waals surface area contributed by atoms with Crippen LogP contribution in [0.3, 0.4) is 0 Å². The Labute approximate surface area is 225 Å². The molecule has 1 N–H and O–H groups in total. The number of rotatable bonds is 10. The second-order valence-corrected chi connectivity index (χ2v) is 10.4. The molecule has 0 saturated carbocycles. The average molecular weight is 516 g/mol. The molecule has 2 aromatic rings. The van der Waals surface area contributed by atoms with Gasteiger partial charge in [-0.2, -0.15) is 0 Å². The number of ketones is 1. The van der Waals surface area contributed by atoms with Crippen LogP contribution in [0, 0.1) is 18.8 Å². The van der Waals surface area contributed by atoms with Crippen LogP contribution in [0.4, 0.5) is 4.79 Å². The zero-order chi connectivity index (χ0) is 26.9. The molecule has 1 amide bonds. The van der Waals surface area contributed by atoms with Crippen molar-refractivity contribution >= 4 is 17.4 Å². The second kappa shape index (κ2) is 10.8. The number of alkyl carbamates (subject to hydrolysis) is 1. The number of amides is 1. The van der Waals surface area contributed by atoms with E-state index < -0.39 is 17.6 Å². The topological polar surface area (TPSA) is 73.9 Å². The molecule has 1 fully saturated rings. The lowest BCUT2D eigenvalue weighted by Gasteiger charge is -2.29. The van der Waals surface area contributed by atoms with Crippen LogP contribution in [0.5, 0.6) is 0 Å². The number of ether oxygens (including phenoxy) is 3. The maximum absolute atomic E-state index is 14.4. The van der Waals surface area contributed by atoms with Crippen LogP contribution >= 0.6 is 0 Å². The highest BCUT2D eigenvalue weighted by Gasteiger charge is 2.66. The Morgan fingerprint density at radius 1 is 1.08 bits per heavy atom. The lowest BCUT2D eigenvalue weighted by Crippen LogP contribution is -2.44. The first kappa shape index (κ1) is 26.2. The van der Waals surface area contributed by atoms with E-state index in [0.717, 1.165) is 41.5 Å². The lowest BCUT2D eigenvalue weighted by atomic mass is 9.76. The highest BCUT2D eigenvalue weighted by Crippen LogP contribution is 2.58. The van der Waals surface area contributed by atoms with Crippen LogP contribution < -0.4 is 5.32 Å². The summed E-state index contributed by atoms with van der Waals surface area (Å²) in [4.78, 5) is 26.7. The molecule has 4 atom stereocenters. The minimum atomic E-state index is -0.997. The quantitative estimate of drug-likeness (QED) is 0.411. The number of aryl methyl sites for hydroxylation is 3. The molecule has 6 nitrogen and oxygen atoms in total. The van der Waals surface area contributed by atoms with Gasteiger partial charge >= 0.3 is 6.09 Å². The number of carbonyl (C=O) groups excluding carboxylic acids is 2. The Morgan fingerprint density at radius 3 is 2.45 bits per heavy atom. The summed E-state index contributed by atoms with van der Waals surface area (Å²) >= 11 is 0. The van der Waals surface area contributed by atoms with Gasteiger partial charge in [0.1, 0.15) is 24.6 Å². The van der Waals surface area contributed by atoms with Gasteiger partial charge in [0, 0.05) is 6.54 Å². The van der Waals surface area contributed by atoms with Gasteiger partial charge in [0.05, 0.1) is 23.5 Å². The molecule has 200 valence electrons. The Balaban J connectivity index is 1.56. The standard InChI is InChI=1S/C32H37NO5/c1-5-15-33-31(35)37-19-32-14-13-24(38-32)26-28(32)29(34)27(30(26)36-18-21-11-9-8-10-12-21)25-22(6-2)16-20(4)17-23(25)7-3/h8-14,16-17,24,26,28H,5-7,15,18-19H2,1-4H3,(H,33,35)/t24-,26-,28+,32?/m1/s1. The average Bonchev–Trinajstić information content (AvgIpc) is 3.59. The van der Waals surface area contributed by atoms with Gasteiger partial charge in [0.15, 0.2) is 5.78 Å². The molecular weight excluding hydrogens is 478 g/mol. The fourth-order valence-electron chi connectivity index (χ4n) is 6.18. The molecule has 2 aliphatic heterocycles. The smallest absolute Gasteiger partial charge is 0.407 e. The highest BCUT2D eigenvalue weighted by molar-refractivity contribution is 6.26. The van der Waals surface area contributed by atoms with Gasteiger partial charge in [-0.3, -0.25) is 4.79 Å². The Hall–Kier alpha value is -3.38. The highest BCUT2D eigenvalue weighted by atomic mass is 16.6. The summed E-state index contributed by atoms with van der Waals surface area (Å²) in [7, 11) is 0. The van der Waals surface area contributed by atoms with Crippen molar-refractivity contribution in [3.8, 4) is 0 Å². The number of allylic oxidation sites excluding steroid dienone is 1. The Kier molecular flexibility index (Phi) is 7.44. The van der Waals surface area contributed by atoms with Crippen molar-refractivity contribution in [2.24, 2.45) is 11.8 Å². The summed E-state index contributed by atoms with van der Waals surface area (Å²) in [6.07, 6.45) is 5.54. The molecule has 5 rings (SSSR count). The second-order valence-electron chi connectivity index (χ2n) is 10.4. The zero-order valence-electron chi connectivity index (χ0n) is 22.7. The third-order valence-corrected chi connectivity index (χ3v) is 7.88. The summed E-state index contributed by atoms with van der Waals surface area (Å²) in [6, 6.07) is 14.4. The number of benzene rings is 2. The van der Waals surface area contributed by atoms with E-state index >= 15 is 0 Å². The van der Waals surface area contributed by atoms with Gasteiger partial charge < -0.3 is 19.5 Å². The summed E-state index contributed by atoms with van der Waals surface area (Å²) < 4.78 is 18.5. The van der Waals surface area contributed by atoms with Gasteiger partial charge in [-0.05, 0) is 48.4 Å². The lowest BCUT2D eigenvalue weighted by molar-refractivity contribution is -0.122. The van der Waals surface area contributed by atoms with E-state index in [1.165, 1.54) is 5.56 Å². The molecule has 2 aromatic carbocycles. The van der Waals surface area contributed by atoms with Gasteiger partial charge in [-0.15, -0.1) is 0 Å². The molecular formula is C32H37NO5. The van der Waals surface area contributed by atoms with E-state index in [1.807, 2.05) is 49.4 Å². The van der Waals surface area contributed by atoms with Crippen molar-refractivity contribution in [2.75, 3.05) is 13.2 Å². The van der Waals surface area contributed by atoms with E-state index in [4.69, 9.17) is 14.2 Å². The molecule has 1 aliphatic carbocycles. The van der Waals surface area contributed by atoms with Crippen molar-refractivity contribution in [1.82, 2.24) is 5.32 Å². The van der Waals surface area contributed by atoms with Gasteiger partial charge in [0.25, 0.3) is 0 Å².